The predicted octanol–water partition coefficient (Wildman–Crippen LogP) is 1.17. The molecule has 6 nitrogen and oxygen atoms in total. The highest BCUT2D eigenvalue weighted by Crippen LogP contribution is 2.38. The molecule has 1 aromatic rings. The fraction of sp³-hybridized carbons (Fsp3) is 0.455. The maximum absolute atomic E-state index is 11.1. The number of aliphatic hydroxyl groups is 1. The van der Waals surface area contributed by atoms with Gasteiger partial charge in [0.1, 0.15) is 5.69 Å². The molecule has 1 saturated heterocycles. The van der Waals surface area contributed by atoms with Crippen LogP contribution in [0.25, 0.3) is 0 Å². The molecule has 1 fully saturated rings. The third-order valence-electron chi connectivity index (χ3n) is 2.88. The molecule has 17 heavy (non-hydrogen) atoms. The fourth-order valence-electron chi connectivity index (χ4n) is 2.07. The topological polar surface area (TPSA) is 75.8 Å². The average molecular weight is 238 g/mol. The van der Waals surface area contributed by atoms with Crippen LogP contribution in [0.4, 0.5) is 11.4 Å². The maximum atomic E-state index is 11.1. The van der Waals surface area contributed by atoms with Crippen molar-refractivity contribution in [3.05, 3.63) is 28.3 Å². The third kappa shape index (κ3) is 2.16. The van der Waals surface area contributed by atoms with Gasteiger partial charge in [0.15, 0.2) is 5.75 Å². The van der Waals surface area contributed by atoms with Crippen LogP contribution in [0.3, 0.4) is 0 Å². The lowest BCUT2D eigenvalue weighted by molar-refractivity contribution is -0.385. The van der Waals surface area contributed by atoms with Crippen LogP contribution in [-0.2, 0) is 0 Å². The van der Waals surface area contributed by atoms with E-state index in [-0.39, 0.29) is 11.4 Å². The first-order valence-corrected chi connectivity index (χ1v) is 5.38. The second-order valence-corrected chi connectivity index (χ2v) is 3.97. The smallest absolute Gasteiger partial charge is 0.333 e. The number of β-amino-alcohol motifs (C(OH)–C–C–N with tert-alkyl or cyclic N) is 1. The van der Waals surface area contributed by atoms with Crippen LogP contribution < -0.4 is 9.64 Å². The van der Waals surface area contributed by atoms with Gasteiger partial charge in [-0.3, -0.25) is 10.1 Å². The molecule has 1 heterocycles. The number of benzene rings is 1. The van der Waals surface area contributed by atoms with Gasteiger partial charge in [-0.15, -0.1) is 0 Å². The van der Waals surface area contributed by atoms with Crippen molar-refractivity contribution in [1.82, 2.24) is 0 Å². The van der Waals surface area contributed by atoms with Crippen molar-refractivity contribution in [1.29, 1.82) is 0 Å². The number of anilines is 1. The number of nitro benzene ring substituents is 1. The standard InChI is InChI=1S/C11H14N2O4/c1-17-10-4-2-3-9(11(10)13(15)16)12-6-5-8(14)7-12/h2-4,8,14H,5-7H2,1H3/t8-/m0/s1. The summed E-state index contributed by atoms with van der Waals surface area (Å²) in [7, 11) is 1.41. The molecule has 0 bridgehead atoms. The zero-order chi connectivity index (χ0) is 12.4. The van der Waals surface area contributed by atoms with Gasteiger partial charge >= 0.3 is 5.69 Å². The Kier molecular flexibility index (Phi) is 3.14. The molecular formula is C11H14N2O4. The molecule has 1 atom stereocenters. The SMILES string of the molecule is COc1cccc(N2CC[C@H](O)C2)c1[N+](=O)[O-]. The number of nitrogens with zero attached hydrogens (tertiary/aromatic N) is 2. The molecule has 2 rings (SSSR count). The molecular weight excluding hydrogens is 224 g/mol. The van der Waals surface area contributed by atoms with E-state index in [1.165, 1.54) is 7.11 Å². The summed E-state index contributed by atoms with van der Waals surface area (Å²) < 4.78 is 5.00. The molecule has 1 aliphatic rings. The zero-order valence-electron chi connectivity index (χ0n) is 9.50. The molecule has 0 saturated carbocycles. The second-order valence-electron chi connectivity index (χ2n) is 3.97. The lowest BCUT2D eigenvalue weighted by atomic mass is 10.2. The van der Waals surface area contributed by atoms with Gasteiger partial charge in [-0.05, 0) is 18.6 Å². The van der Waals surface area contributed by atoms with Crippen molar-refractivity contribution in [3.63, 3.8) is 0 Å². The Morgan fingerprint density at radius 2 is 2.35 bits per heavy atom. The summed E-state index contributed by atoms with van der Waals surface area (Å²) in [5.41, 5.74) is 0.468. The van der Waals surface area contributed by atoms with Crippen molar-refractivity contribution in [2.75, 3.05) is 25.1 Å². The van der Waals surface area contributed by atoms with Crippen molar-refractivity contribution < 1.29 is 14.8 Å². The van der Waals surface area contributed by atoms with Gasteiger partial charge in [-0.25, -0.2) is 0 Å². The number of rotatable bonds is 3. The molecule has 0 unspecified atom stereocenters. The minimum atomic E-state index is -0.446. The highest BCUT2D eigenvalue weighted by atomic mass is 16.6. The summed E-state index contributed by atoms with van der Waals surface area (Å²) in [6, 6.07) is 4.96. The normalized spacial score (nSPS) is 19.4. The Morgan fingerprint density at radius 3 is 2.88 bits per heavy atom. The van der Waals surface area contributed by atoms with E-state index in [2.05, 4.69) is 0 Å². The highest BCUT2D eigenvalue weighted by Gasteiger charge is 2.29. The number of hydrogen-bond donors (Lipinski definition) is 1. The lowest BCUT2D eigenvalue weighted by Crippen LogP contribution is -2.22. The van der Waals surface area contributed by atoms with E-state index in [4.69, 9.17) is 4.74 Å². The summed E-state index contributed by atoms with van der Waals surface area (Å²) in [5, 5.41) is 20.6. The Balaban J connectivity index is 2.42. The predicted molar refractivity (Wildman–Crippen MR) is 62.5 cm³/mol. The molecule has 0 spiro atoms. The number of hydrogen-bond acceptors (Lipinski definition) is 5. The molecule has 1 aromatic carbocycles. The molecule has 0 aromatic heterocycles. The molecule has 0 aliphatic carbocycles. The first kappa shape index (κ1) is 11.7. The summed E-state index contributed by atoms with van der Waals surface area (Å²) in [5.74, 6) is 0.244. The first-order chi connectivity index (χ1) is 8.13. The van der Waals surface area contributed by atoms with Crippen molar-refractivity contribution in [2.24, 2.45) is 0 Å². The van der Waals surface area contributed by atoms with Crippen LogP contribution in [-0.4, -0.2) is 36.3 Å². The Morgan fingerprint density at radius 1 is 1.59 bits per heavy atom. The van der Waals surface area contributed by atoms with Crippen LogP contribution in [0.1, 0.15) is 6.42 Å². The van der Waals surface area contributed by atoms with Gasteiger partial charge in [0, 0.05) is 13.1 Å². The van der Waals surface area contributed by atoms with Gasteiger partial charge in [-0.1, -0.05) is 6.07 Å². The van der Waals surface area contributed by atoms with Crippen LogP contribution in [0, 0.1) is 10.1 Å². The van der Waals surface area contributed by atoms with Crippen molar-refractivity contribution >= 4 is 11.4 Å². The van der Waals surface area contributed by atoms with Crippen molar-refractivity contribution in [3.8, 4) is 5.75 Å². The first-order valence-electron chi connectivity index (χ1n) is 5.38. The monoisotopic (exact) mass is 238 g/mol. The summed E-state index contributed by atoms with van der Waals surface area (Å²) in [4.78, 5) is 12.4. The number of ether oxygens (including phenoxy) is 1. The number of nitro groups is 1. The number of para-hydroxylation sites is 1. The Labute approximate surface area is 98.6 Å². The van der Waals surface area contributed by atoms with Crippen LogP contribution in [0.2, 0.25) is 0 Å². The summed E-state index contributed by atoms with van der Waals surface area (Å²) in [6.45, 7) is 1.04. The quantitative estimate of drug-likeness (QED) is 0.632. The minimum absolute atomic E-state index is 0.0379. The van der Waals surface area contributed by atoms with Gasteiger partial charge in [0.2, 0.25) is 0 Å². The third-order valence-corrected chi connectivity index (χ3v) is 2.88. The van der Waals surface area contributed by atoms with E-state index in [1.807, 2.05) is 4.90 Å². The second kappa shape index (κ2) is 4.58. The lowest BCUT2D eigenvalue weighted by Gasteiger charge is -2.18. The van der Waals surface area contributed by atoms with E-state index in [1.54, 1.807) is 18.2 Å². The minimum Gasteiger partial charge on any atom is -0.490 e. The van der Waals surface area contributed by atoms with E-state index in [0.29, 0.717) is 25.2 Å². The molecule has 6 heteroatoms. The van der Waals surface area contributed by atoms with Crippen LogP contribution in [0.15, 0.2) is 18.2 Å². The van der Waals surface area contributed by atoms with Crippen molar-refractivity contribution in [2.45, 2.75) is 12.5 Å². The molecule has 1 aliphatic heterocycles. The largest absolute Gasteiger partial charge is 0.490 e. The van der Waals surface area contributed by atoms with Crippen LogP contribution in [0.5, 0.6) is 5.75 Å². The molecule has 0 amide bonds. The van der Waals surface area contributed by atoms with Gasteiger partial charge in [0.25, 0.3) is 0 Å². The number of aliphatic hydroxyl groups excluding tert-OH is 1. The summed E-state index contributed by atoms with van der Waals surface area (Å²) >= 11 is 0. The van der Waals surface area contributed by atoms with E-state index in [9.17, 15) is 15.2 Å². The van der Waals surface area contributed by atoms with Gasteiger partial charge in [0.05, 0.1) is 18.1 Å². The Hall–Kier alpha value is -1.82. The Bertz CT molecular complexity index is 435. The molecule has 1 N–H and O–H groups in total. The zero-order valence-corrected chi connectivity index (χ0v) is 9.50. The molecule has 92 valence electrons. The van der Waals surface area contributed by atoms with E-state index < -0.39 is 11.0 Å². The van der Waals surface area contributed by atoms with Gasteiger partial charge in [-0.2, -0.15) is 0 Å². The average Bonchev–Trinajstić information content (AvgIpc) is 2.74. The number of methoxy groups -OCH3 is 1. The fourth-order valence-corrected chi connectivity index (χ4v) is 2.07. The highest BCUT2D eigenvalue weighted by molar-refractivity contribution is 5.70. The van der Waals surface area contributed by atoms with Gasteiger partial charge < -0.3 is 14.7 Å². The maximum Gasteiger partial charge on any atom is 0.333 e. The molecule has 0 radical (unpaired) electrons. The van der Waals surface area contributed by atoms with Crippen LogP contribution >= 0.6 is 0 Å². The van der Waals surface area contributed by atoms with E-state index >= 15 is 0 Å². The van der Waals surface area contributed by atoms with E-state index in [0.717, 1.165) is 0 Å². The summed E-state index contributed by atoms with van der Waals surface area (Å²) in [6.07, 6.45) is 0.217.